The number of carboxylic acid groups (broad SMARTS) is 1. The zero-order chi connectivity index (χ0) is 13.8. The monoisotopic (exact) mass is 265 g/mol. The molecule has 1 aromatic rings. The van der Waals surface area contributed by atoms with Crippen LogP contribution in [0.1, 0.15) is 12.8 Å². The van der Waals surface area contributed by atoms with Crippen LogP contribution < -0.4 is 9.64 Å². The maximum Gasteiger partial charge on any atom is 0.414 e. The number of hydrogen-bond donors (Lipinski definition) is 1. The van der Waals surface area contributed by atoms with Crippen molar-refractivity contribution in [2.24, 2.45) is 0 Å². The summed E-state index contributed by atoms with van der Waals surface area (Å²) in [6, 6.07) is 6.81. The summed E-state index contributed by atoms with van der Waals surface area (Å²) in [5.41, 5.74) is 0.600. The highest BCUT2D eigenvalue weighted by molar-refractivity contribution is 5.92. The molecule has 1 aliphatic rings. The summed E-state index contributed by atoms with van der Waals surface area (Å²) in [7, 11) is 1.52. The van der Waals surface area contributed by atoms with Gasteiger partial charge >= 0.3 is 12.1 Å². The van der Waals surface area contributed by atoms with E-state index in [0.717, 1.165) is 0 Å². The second-order valence-electron chi connectivity index (χ2n) is 4.21. The molecule has 1 aliphatic heterocycles. The summed E-state index contributed by atoms with van der Waals surface area (Å²) in [6.07, 6.45) is -0.133. The van der Waals surface area contributed by atoms with Gasteiger partial charge in [-0.1, -0.05) is 12.1 Å². The zero-order valence-corrected chi connectivity index (χ0v) is 10.5. The highest BCUT2D eigenvalue weighted by Crippen LogP contribution is 2.33. The number of nitrogens with zero attached hydrogens (tertiary/aromatic N) is 1. The molecule has 102 valence electrons. The van der Waals surface area contributed by atoms with Crippen LogP contribution in [-0.2, 0) is 9.53 Å². The highest BCUT2D eigenvalue weighted by Gasteiger charge is 2.35. The molecule has 2 rings (SSSR count). The molecule has 0 spiro atoms. The van der Waals surface area contributed by atoms with Crippen LogP contribution in [-0.4, -0.2) is 36.9 Å². The number of carbonyl (C=O) groups excluding carboxylic acids is 1. The molecule has 0 aromatic heterocycles. The number of rotatable bonds is 5. The first-order chi connectivity index (χ1) is 9.13. The average Bonchev–Trinajstić information content (AvgIpc) is 2.77. The molecule has 1 N–H and O–H groups in total. The molecule has 1 heterocycles. The number of carboxylic acids is 1. The molecule has 1 atom stereocenters. The van der Waals surface area contributed by atoms with E-state index >= 15 is 0 Å². The van der Waals surface area contributed by atoms with Crippen LogP contribution >= 0.6 is 0 Å². The third-order valence-electron chi connectivity index (χ3n) is 3.00. The zero-order valence-electron chi connectivity index (χ0n) is 10.5. The molecule has 19 heavy (non-hydrogen) atoms. The van der Waals surface area contributed by atoms with Crippen LogP contribution in [0.15, 0.2) is 24.3 Å². The highest BCUT2D eigenvalue weighted by atomic mass is 16.6. The van der Waals surface area contributed by atoms with E-state index in [1.54, 1.807) is 24.3 Å². The fourth-order valence-corrected chi connectivity index (χ4v) is 2.09. The lowest BCUT2D eigenvalue weighted by atomic mass is 10.1. The largest absolute Gasteiger partial charge is 0.495 e. The van der Waals surface area contributed by atoms with Crippen LogP contribution in [0.2, 0.25) is 0 Å². The Hall–Kier alpha value is -2.24. The number of carbonyl (C=O) groups is 2. The Kier molecular flexibility index (Phi) is 3.89. The standard InChI is InChI=1S/C13H15NO5/c1-18-11-5-3-2-4-10(11)14-9(6-7-12(15)16)8-19-13(14)17/h2-5,9H,6-8H2,1H3,(H,15,16). The lowest BCUT2D eigenvalue weighted by Crippen LogP contribution is -2.34. The number of hydrogen-bond acceptors (Lipinski definition) is 4. The number of benzene rings is 1. The first-order valence-corrected chi connectivity index (χ1v) is 5.94. The lowest BCUT2D eigenvalue weighted by molar-refractivity contribution is -0.137. The Morgan fingerprint density at radius 1 is 1.53 bits per heavy atom. The molecule has 6 heteroatoms. The van der Waals surface area contributed by atoms with Crippen molar-refractivity contribution in [3.05, 3.63) is 24.3 Å². The Labute approximate surface area is 110 Å². The van der Waals surface area contributed by atoms with Crippen LogP contribution in [0.3, 0.4) is 0 Å². The molecule has 0 aliphatic carbocycles. The smallest absolute Gasteiger partial charge is 0.414 e. The van der Waals surface area contributed by atoms with Crippen molar-refractivity contribution in [2.45, 2.75) is 18.9 Å². The predicted molar refractivity (Wildman–Crippen MR) is 67.5 cm³/mol. The Balaban J connectivity index is 2.23. The van der Waals surface area contributed by atoms with Crippen LogP contribution in [0.5, 0.6) is 5.75 Å². The van der Waals surface area contributed by atoms with E-state index in [9.17, 15) is 9.59 Å². The van der Waals surface area contributed by atoms with E-state index in [1.807, 2.05) is 0 Å². The minimum atomic E-state index is -0.890. The molecule has 0 bridgehead atoms. The summed E-state index contributed by atoms with van der Waals surface area (Å²) in [5.74, 6) is -0.332. The van der Waals surface area contributed by atoms with E-state index in [1.165, 1.54) is 12.0 Å². The summed E-state index contributed by atoms with van der Waals surface area (Å²) < 4.78 is 10.2. The van der Waals surface area contributed by atoms with E-state index in [4.69, 9.17) is 14.6 Å². The van der Waals surface area contributed by atoms with Gasteiger partial charge in [-0.2, -0.15) is 0 Å². The van der Waals surface area contributed by atoms with Crippen LogP contribution in [0, 0.1) is 0 Å². The average molecular weight is 265 g/mol. The number of para-hydroxylation sites is 2. The van der Waals surface area contributed by atoms with Crippen molar-refractivity contribution in [3.8, 4) is 5.75 Å². The van der Waals surface area contributed by atoms with Gasteiger partial charge in [0.25, 0.3) is 0 Å². The van der Waals surface area contributed by atoms with Gasteiger partial charge < -0.3 is 14.6 Å². The number of anilines is 1. The van der Waals surface area contributed by atoms with Crippen molar-refractivity contribution >= 4 is 17.7 Å². The summed E-state index contributed by atoms with van der Waals surface area (Å²) >= 11 is 0. The van der Waals surface area contributed by atoms with E-state index < -0.39 is 12.1 Å². The molecule has 1 amide bonds. The normalized spacial score (nSPS) is 18.3. The second-order valence-corrected chi connectivity index (χ2v) is 4.21. The quantitative estimate of drug-likeness (QED) is 0.879. The fraction of sp³-hybridized carbons (Fsp3) is 0.385. The van der Waals surface area contributed by atoms with E-state index in [2.05, 4.69) is 0 Å². The molecule has 6 nitrogen and oxygen atoms in total. The third kappa shape index (κ3) is 2.78. The first kappa shape index (κ1) is 13.2. The number of methoxy groups -OCH3 is 1. The SMILES string of the molecule is COc1ccccc1N1C(=O)OCC1CCC(=O)O. The van der Waals surface area contributed by atoms with Crippen molar-refractivity contribution < 1.29 is 24.2 Å². The molecule has 1 saturated heterocycles. The van der Waals surface area contributed by atoms with Crippen molar-refractivity contribution in [1.29, 1.82) is 0 Å². The fourth-order valence-electron chi connectivity index (χ4n) is 2.09. The third-order valence-corrected chi connectivity index (χ3v) is 3.00. The first-order valence-electron chi connectivity index (χ1n) is 5.94. The Bertz CT molecular complexity index is 488. The molecule has 1 fully saturated rings. The number of aliphatic carboxylic acids is 1. The van der Waals surface area contributed by atoms with Crippen LogP contribution in [0.4, 0.5) is 10.5 Å². The van der Waals surface area contributed by atoms with Gasteiger partial charge in [0.1, 0.15) is 12.4 Å². The van der Waals surface area contributed by atoms with Gasteiger partial charge in [-0.3, -0.25) is 9.69 Å². The maximum atomic E-state index is 11.8. The van der Waals surface area contributed by atoms with Crippen molar-refractivity contribution in [3.63, 3.8) is 0 Å². The number of ether oxygens (including phenoxy) is 2. The molecule has 0 radical (unpaired) electrons. The van der Waals surface area contributed by atoms with E-state index in [-0.39, 0.29) is 19.1 Å². The molecular formula is C13H15NO5. The molecule has 1 unspecified atom stereocenters. The van der Waals surface area contributed by atoms with Gasteiger partial charge in [0.15, 0.2) is 0 Å². The second kappa shape index (κ2) is 5.60. The van der Waals surface area contributed by atoms with Gasteiger partial charge in [0, 0.05) is 6.42 Å². The molecule has 0 saturated carbocycles. The van der Waals surface area contributed by atoms with Crippen molar-refractivity contribution in [2.75, 3.05) is 18.6 Å². The topological polar surface area (TPSA) is 76.1 Å². The Morgan fingerprint density at radius 3 is 2.95 bits per heavy atom. The van der Waals surface area contributed by atoms with Gasteiger partial charge in [-0.15, -0.1) is 0 Å². The maximum absolute atomic E-state index is 11.8. The van der Waals surface area contributed by atoms with Crippen LogP contribution in [0.25, 0.3) is 0 Å². The molecule has 1 aromatic carbocycles. The summed E-state index contributed by atoms with van der Waals surface area (Å²) in [5, 5.41) is 8.73. The minimum absolute atomic E-state index is 0.00699. The molecular weight excluding hydrogens is 250 g/mol. The summed E-state index contributed by atoms with van der Waals surface area (Å²) in [4.78, 5) is 23.9. The van der Waals surface area contributed by atoms with Gasteiger partial charge in [-0.05, 0) is 18.6 Å². The Morgan fingerprint density at radius 2 is 2.26 bits per heavy atom. The van der Waals surface area contributed by atoms with E-state index in [0.29, 0.717) is 17.9 Å². The number of cyclic esters (lactones) is 1. The van der Waals surface area contributed by atoms with Gasteiger partial charge in [0.05, 0.1) is 18.8 Å². The lowest BCUT2D eigenvalue weighted by Gasteiger charge is -2.22. The van der Waals surface area contributed by atoms with Gasteiger partial charge in [0.2, 0.25) is 0 Å². The van der Waals surface area contributed by atoms with Crippen molar-refractivity contribution in [1.82, 2.24) is 0 Å². The van der Waals surface area contributed by atoms with Gasteiger partial charge in [-0.25, -0.2) is 4.79 Å². The minimum Gasteiger partial charge on any atom is -0.495 e. The summed E-state index contributed by atoms with van der Waals surface area (Å²) in [6.45, 7) is 0.199. The number of amides is 1. The predicted octanol–water partition coefficient (Wildman–Crippen LogP) is 1.89.